The monoisotopic (exact) mass is 401 g/mol. The second-order valence-electron chi connectivity index (χ2n) is 8.17. The summed E-state index contributed by atoms with van der Waals surface area (Å²) in [4.78, 5) is 4.11. The van der Waals surface area contributed by atoms with E-state index in [9.17, 15) is 13.2 Å². The molecule has 2 aromatic heterocycles. The molecule has 3 aromatic rings. The van der Waals surface area contributed by atoms with Gasteiger partial charge in [-0.15, -0.1) is 0 Å². The molecule has 4 rings (SSSR count). The number of aryl methyl sites for hydroxylation is 3. The molecule has 0 radical (unpaired) electrons. The Hall–Kier alpha value is -2.34. The summed E-state index contributed by atoms with van der Waals surface area (Å²) in [6.45, 7) is 8.15. The topological polar surface area (TPSA) is 29.9 Å². The van der Waals surface area contributed by atoms with Crippen LogP contribution in [-0.2, 0) is 32.1 Å². The summed E-state index contributed by atoms with van der Waals surface area (Å²) < 4.78 is 42.7. The summed E-state index contributed by atoms with van der Waals surface area (Å²) in [5.41, 5.74) is 4.99. The lowest BCUT2D eigenvalue weighted by atomic mass is 9.99. The maximum Gasteiger partial charge on any atom is 0.416 e. The van der Waals surface area contributed by atoms with Crippen LogP contribution >= 0.6 is 0 Å². The Morgan fingerprint density at radius 2 is 2.00 bits per heavy atom. The standard InChI is InChI=1S/C23H26F3N3/c1-14(2)16-4-5-21-18(11-16)19-13-27-8-6-22(19)29(21)9-7-17-12-28-15(3)10-20(17)23(24,25)26/h4-5,10-12,14,27H,6-9,13H2,1-3H3. The molecule has 3 nitrogen and oxygen atoms in total. The molecule has 0 atom stereocenters. The van der Waals surface area contributed by atoms with E-state index < -0.39 is 11.7 Å². The molecule has 0 amide bonds. The molecule has 6 heteroatoms. The molecule has 0 spiro atoms. The highest BCUT2D eigenvalue weighted by Gasteiger charge is 2.33. The van der Waals surface area contributed by atoms with Crippen LogP contribution in [0.1, 0.15) is 53.4 Å². The van der Waals surface area contributed by atoms with Crippen molar-refractivity contribution in [1.29, 1.82) is 0 Å². The molecule has 1 aliphatic rings. The SMILES string of the molecule is Cc1cc(C(F)(F)F)c(CCn2c3c(c4cc(C(C)C)ccc42)CNCC3)cn1. The molecule has 1 aliphatic heterocycles. The fourth-order valence-corrected chi connectivity index (χ4v) is 4.30. The second-order valence-corrected chi connectivity index (χ2v) is 8.17. The van der Waals surface area contributed by atoms with E-state index in [1.54, 1.807) is 6.92 Å². The van der Waals surface area contributed by atoms with Crippen LogP contribution in [0.25, 0.3) is 10.9 Å². The van der Waals surface area contributed by atoms with Crippen molar-refractivity contribution >= 4 is 10.9 Å². The van der Waals surface area contributed by atoms with Gasteiger partial charge in [0.2, 0.25) is 0 Å². The van der Waals surface area contributed by atoms with E-state index in [0.29, 0.717) is 24.6 Å². The van der Waals surface area contributed by atoms with Crippen molar-refractivity contribution in [3.63, 3.8) is 0 Å². The van der Waals surface area contributed by atoms with Crippen molar-refractivity contribution in [2.75, 3.05) is 6.54 Å². The number of benzene rings is 1. The summed E-state index contributed by atoms with van der Waals surface area (Å²) in [5.74, 6) is 0.433. The number of pyridine rings is 1. The number of aromatic nitrogens is 2. The fourth-order valence-electron chi connectivity index (χ4n) is 4.30. The van der Waals surface area contributed by atoms with Crippen LogP contribution in [0.5, 0.6) is 0 Å². The predicted molar refractivity (Wildman–Crippen MR) is 109 cm³/mol. The summed E-state index contributed by atoms with van der Waals surface area (Å²) >= 11 is 0. The van der Waals surface area contributed by atoms with Gasteiger partial charge in [0.15, 0.2) is 0 Å². The van der Waals surface area contributed by atoms with Crippen molar-refractivity contribution < 1.29 is 13.2 Å². The van der Waals surface area contributed by atoms with Crippen LogP contribution in [0, 0.1) is 6.92 Å². The molecule has 0 aliphatic carbocycles. The molecule has 3 heterocycles. The highest BCUT2D eigenvalue weighted by atomic mass is 19.4. The van der Waals surface area contributed by atoms with E-state index >= 15 is 0 Å². The number of fused-ring (bicyclic) bond motifs is 3. The Morgan fingerprint density at radius 1 is 1.21 bits per heavy atom. The van der Waals surface area contributed by atoms with Gasteiger partial charge in [-0.1, -0.05) is 19.9 Å². The zero-order valence-electron chi connectivity index (χ0n) is 17.0. The highest BCUT2D eigenvalue weighted by Crippen LogP contribution is 2.34. The first-order chi connectivity index (χ1) is 13.8. The Balaban J connectivity index is 1.74. The van der Waals surface area contributed by atoms with E-state index in [2.05, 4.69) is 46.9 Å². The Bertz CT molecular complexity index is 1050. The van der Waals surface area contributed by atoms with Gasteiger partial charge in [0.1, 0.15) is 0 Å². The van der Waals surface area contributed by atoms with E-state index in [4.69, 9.17) is 0 Å². The largest absolute Gasteiger partial charge is 0.416 e. The van der Waals surface area contributed by atoms with Crippen molar-refractivity contribution in [3.8, 4) is 0 Å². The van der Waals surface area contributed by atoms with Gasteiger partial charge in [-0.05, 0) is 54.2 Å². The summed E-state index contributed by atoms with van der Waals surface area (Å²) in [5, 5.41) is 4.65. The Morgan fingerprint density at radius 3 is 2.72 bits per heavy atom. The molecule has 0 saturated heterocycles. The maximum atomic E-state index is 13.5. The number of nitrogens with one attached hydrogen (secondary N) is 1. The first-order valence-electron chi connectivity index (χ1n) is 10.1. The van der Waals surface area contributed by atoms with E-state index in [1.807, 2.05) is 0 Å². The van der Waals surface area contributed by atoms with Gasteiger partial charge in [-0.2, -0.15) is 13.2 Å². The number of rotatable bonds is 4. The summed E-state index contributed by atoms with van der Waals surface area (Å²) in [7, 11) is 0. The average molecular weight is 401 g/mol. The normalized spacial score (nSPS) is 14.6. The maximum absolute atomic E-state index is 13.5. The Labute approximate surface area is 168 Å². The Kier molecular flexibility index (Phi) is 5.15. The van der Waals surface area contributed by atoms with Crippen LogP contribution in [0.4, 0.5) is 13.2 Å². The van der Waals surface area contributed by atoms with Crippen molar-refractivity contribution in [2.45, 2.75) is 58.8 Å². The quantitative estimate of drug-likeness (QED) is 0.637. The van der Waals surface area contributed by atoms with Crippen molar-refractivity contribution in [2.24, 2.45) is 0 Å². The number of hydrogen-bond donors (Lipinski definition) is 1. The molecule has 0 bridgehead atoms. The minimum Gasteiger partial charge on any atom is -0.344 e. The summed E-state index contributed by atoms with van der Waals surface area (Å²) in [6, 6.07) is 7.66. The molecule has 0 unspecified atom stereocenters. The van der Waals surface area contributed by atoms with Crippen molar-refractivity contribution in [1.82, 2.24) is 14.9 Å². The molecule has 0 saturated carbocycles. The van der Waals surface area contributed by atoms with Gasteiger partial charge in [-0.25, -0.2) is 0 Å². The van der Waals surface area contributed by atoms with Gasteiger partial charge >= 0.3 is 6.18 Å². The lowest BCUT2D eigenvalue weighted by Gasteiger charge is -2.18. The van der Waals surface area contributed by atoms with Crippen molar-refractivity contribution in [3.05, 3.63) is 64.1 Å². The highest BCUT2D eigenvalue weighted by molar-refractivity contribution is 5.86. The van der Waals surface area contributed by atoms with E-state index in [-0.39, 0.29) is 5.56 Å². The van der Waals surface area contributed by atoms with Crippen LogP contribution in [0.15, 0.2) is 30.5 Å². The lowest BCUT2D eigenvalue weighted by Crippen LogP contribution is -2.25. The third kappa shape index (κ3) is 3.78. The minimum atomic E-state index is -4.36. The second kappa shape index (κ2) is 7.48. The smallest absolute Gasteiger partial charge is 0.344 e. The number of alkyl halides is 3. The first kappa shape index (κ1) is 20.0. The molecule has 1 N–H and O–H groups in total. The zero-order chi connectivity index (χ0) is 20.8. The fraction of sp³-hybridized carbons (Fsp3) is 0.435. The summed E-state index contributed by atoms with van der Waals surface area (Å²) in [6.07, 6.45) is -1.79. The number of nitrogens with zero attached hydrogens (tertiary/aromatic N) is 2. The van der Waals surface area contributed by atoms with Gasteiger partial charge in [-0.3, -0.25) is 4.98 Å². The molecular formula is C23H26F3N3. The molecular weight excluding hydrogens is 375 g/mol. The number of hydrogen-bond acceptors (Lipinski definition) is 2. The molecule has 154 valence electrons. The van der Waals surface area contributed by atoms with Crippen LogP contribution < -0.4 is 5.32 Å². The van der Waals surface area contributed by atoms with Gasteiger partial charge in [0, 0.05) is 54.5 Å². The molecule has 0 fully saturated rings. The predicted octanol–water partition coefficient (Wildman–Crippen LogP) is 5.38. The van der Waals surface area contributed by atoms with Crippen LogP contribution in [0.3, 0.4) is 0 Å². The molecule has 1 aromatic carbocycles. The average Bonchev–Trinajstić information content (AvgIpc) is 2.99. The third-order valence-electron chi connectivity index (χ3n) is 5.85. The van der Waals surface area contributed by atoms with E-state index in [0.717, 1.165) is 31.1 Å². The van der Waals surface area contributed by atoms with Gasteiger partial charge in [0.25, 0.3) is 0 Å². The van der Waals surface area contributed by atoms with Crippen LogP contribution in [0.2, 0.25) is 0 Å². The van der Waals surface area contributed by atoms with Gasteiger partial charge in [0.05, 0.1) is 5.56 Å². The zero-order valence-corrected chi connectivity index (χ0v) is 17.0. The third-order valence-corrected chi connectivity index (χ3v) is 5.85. The molecule has 29 heavy (non-hydrogen) atoms. The van der Waals surface area contributed by atoms with Gasteiger partial charge < -0.3 is 9.88 Å². The first-order valence-corrected chi connectivity index (χ1v) is 10.1. The lowest BCUT2D eigenvalue weighted by molar-refractivity contribution is -0.138. The number of halogens is 3. The van der Waals surface area contributed by atoms with Crippen LogP contribution in [-0.4, -0.2) is 16.1 Å². The van der Waals surface area contributed by atoms with E-state index in [1.165, 1.54) is 28.4 Å². The minimum absolute atomic E-state index is 0.256.